The van der Waals surface area contributed by atoms with Crippen molar-refractivity contribution >= 4 is 5.82 Å². The Morgan fingerprint density at radius 3 is 2.52 bits per heavy atom. The van der Waals surface area contributed by atoms with Crippen molar-refractivity contribution in [3.63, 3.8) is 0 Å². The first-order valence-electron chi connectivity index (χ1n) is 8.92. The predicted octanol–water partition coefficient (Wildman–Crippen LogP) is 3.16. The highest BCUT2D eigenvalue weighted by Crippen LogP contribution is 2.24. The molecule has 0 aliphatic carbocycles. The van der Waals surface area contributed by atoms with Gasteiger partial charge in [0.1, 0.15) is 11.6 Å². The number of anilines is 1. The molecule has 0 saturated heterocycles. The number of nitrogens with one attached hydrogen (secondary N) is 2. The quantitative estimate of drug-likeness (QED) is 0.625. The van der Waals surface area contributed by atoms with E-state index >= 15 is 0 Å². The molecule has 140 valence electrons. The summed E-state index contributed by atoms with van der Waals surface area (Å²) in [5, 5.41) is 13.8. The zero-order valence-corrected chi connectivity index (χ0v) is 15.8. The third-order valence-electron chi connectivity index (χ3n) is 4.75. The number of pyridine rings is 1. The molecule has 0 fully saturated rings. The molecule has 0 bridgehead atoms. The third-order valence-corrected chi connectivity index (χ3v) is 4.75. The van der Waals surface area contributed by atoms with Crippen LogP contribution in [0.4, 0.5) is 5.82 Å². The summed E-state index contributed by atoms with van der Waals surface area (Å²) in [5.41, 5.74) is 1.92. The Bertz CT molecular complexity index is 964. The first-order chi connectivity index (χ1) is 12.9. The number of hydrogen-bond donors (Lipinski definition) is 3. The van der Waals surface area contributed by atoms with Gasteiger partial charge >= 0.3 is 0 Å². The highest BCUT2D eigenvalue weighted by Gasteiger charge is 2.22. The maximum Gasteiger partial charge on any atom is 0.254 e. The second-order valence-electron chi connectivity index (χ2n) is 6.87. The lowest BCUT2D eigenvalue weighted by Gasteiger charge is -2.24. The van der Waals surface area contributed by atoms with Crippen LogP contribution in [0.15, 0.2) is 53.5 Å². The molecule has 1 aromatic carbocycles. The number of rotatable bonds is 6. The minimum absolute atomic E-state index is 0.136. The fraction of sp³-hybridized carbons (Fsp3) is 0.286. The number of aliphatic hydroxyl groups is 1. The fourth-order valence-corrected chi connectivity index (χ4v) is 2.80. The van der Waals surface area contributed by atoms with Crippen LogP contribution in [0.25, 0.3) is 11.4 Å². The van der Waals surface area contributed by atoms with Gasteiger partial charge < -0.3 is 15.4 Å². The summed E-state index contributed by atoms with van der Waals surface area (Å²) in [4.78, 5) is 23.5. The van der Waals surface area contributed by atoms with Crippen molar-refractivity contribution in [3.8, 4) is 11.4 Å². The normalized spacial score (nSPS) is 13.2. The Kier molecular flexibility index (Phi) is 5.37. The predicted molar refractivity (Wildman–Crippen MR) is 107 cm³/mol. The van der Waals surface area contributed by atoms with Gasteiger partial charge in [-0.25, -0.2) is 9.97 Å². The SMILES string of the molecule is Cc1nc(-c2ccc(NCCC(C)(O)c3ccccc3)nc2)[nH]c(=O)c1C. The van der Waals surface area contributed by atoms with Gasteiger partial charge in [0.2, 0.25) is 0 Å². The molecule has 0 amide bonds. The molecule has 3 aromatic rings. The minimum Gasteiger partial charge on any atom is -0.385 e. The van der Waals surface area contributed by atoms with Crippen molar-refractivity contribution < 1.29 is 5.11 Å². The second kappa shape index (κ2) is 7.72. The molecule has 6 heteroatoms. The van der Waals surface area contributed by atoms with Crippen LogP contribution >= 0.6 is 0 Å². The topological polar surface area (TPSA) is 90.9 Å². The van der Waals surface area contributed by atoms with E-state index in [1.165, 1.54) is 0 Å². The van der Waals surface area contributed by atoms with Gasteiger partial charge in [-0.3, -0.25) is 4.79 Å². The molecule has 0 saturated carbocycles. The molecule has 27 heavy (non-hydrogen) atoms. The van der Waals surface area contributed by atoms with Gasteiger partial charge in [0.05, 0.1) is 5.60 Å². The number of H-pyrrole nitrogens is 1. The van der Waals surface area contributed by atoms with E-state index in [-0.39, 0.29) is 5.56 Å². The number of aromatic nitrogens is 3. The Hall–Kier alpha value is -2.99. The van der Waals surface area contributed by atoms with Crippen LogP contribution in [-0.4, -0.2) is 26.6 Å². The molecule has 0 radical (unpaired) electrons. The first-order valence-corrected chi connectivity index (χ1v) is 8.92. The average Bonchev–Trinajstić information content (AvgIpc) is 2.67. The van der Waals surface area contributed by atoms with E-state index in [2.05, 4.69) is 20.3 Å². The molecule has 0 aliphatic rings. The molecule has 2 aromatic heterocycles. The number of benzene rings is 1. The van der Waals surface area contributed by atoms with Crippen molar-refractivity contribution in [2.24, 2.45) is 0 Å². The van der Waals surface area contributed by atoms with E-state index in [9.17, 15) is 9.90 Å². The van der Waals surface area contributed by atoms with Crippen molar-refractivity contribution in [3.05, 3.63) is 75.8 Å². The molecule has 2 heterocycles. The van der Waals surface area contributed by atoms with Crippen LogP contribution in [0.2, 0.25) is 0 Å². The van der Waals surface area contributed by atoms with Crippen LogP contribution in [0.3, 0.4) is 0 Å². The van der Waals surface area contributed by atoms with Gasteiger partial charge in [-0.05, 0) is 44.9 Å². The van der Waals surface area contributed by atoms with E-state index in [1.807, 2.05) is 56.3 Å². The number of aryl methyl sites for hydroxylation is 1. The monoisotopic (exact) mass is 364 g/mol. The Balaban J connectivity index is 1.64. The van der Waals surface area contributed by atoms with Gasteiger partial charge in [-0.1, -0.05) is 30.3 Å². The summed E-state index contributed by atoms with van der Waals surface area (Å²) in [6, 6.07) is 13.3. The van der Waals surface area contributed by atoms with E-state index in [4.69, 9.17) is 0 Å². The zero-order chi connectivity index (χ0) is 19.4. The largest absolute Gasteiger partial charge is 0.385 e. The van der Waals surface area contributed by atoms with Gasteiger partial charge in [0.25, 0.3) is 5.56 Å². The molecule has 0 spiro atoms. The third kappa shape index (κ3) is 4.41. The number of nitrogens with zero attached hydrogens (tertiary/aromatic N) is 2. The maximum absolute atomic E-state index is 11.9. The van der Waals surface area contributed by atoms with Gasteiger partial charge in [-0.15, -0.1) is 0 Å². The van der Waals surface area contributed by atoms with E-state index in [0.29, 0.717) is 35.9 Å². The van der Waals surface area contributed by atoms with Crippen LogP contribution in [0.1, 0.15) is 30.2 Å². The highest BCUT2D eigenvalue weighted by molar-refractivity contribution is 5.56. The lowest BCUT2D eigenvalue weighted by atomic mass is 9.93. The van der Waals surface area contributed by atoms with E-state index in [0.717, 1.165) is 11.1 Å². The van der Waals surface area contributed by atoms with E-state index in [1.54, 1.807) is 13.1 Å². The molecule has 3 N–H and O–H groups in total. The lowest BCUT2D eigenvalue weighted by Crippen LogP contribution is -2.24. The molecular formula is C21H24N4O2. The van der Waals surface area contributed by atoms with Crippen LogP contribution in [-0.2, 0) is 5.60 Å². The van der Waals surface area contributed by atoms with Gasteiger partial charge in [-0.2, -0.15) is 0 Å². The lowest BCUT2D eigenvalue weighted by molar-refractivity contribution is 0.0515. The Labute approximate surface area is 158 Å². The van der Waals surface area contributed by atoms with Gasteiger partial charge in [0.15, 0.2) is 0 Å². The number of hydrogen-bond acceptors (Lipinski definition) is 5. The smallest absolute Gasteiger partial charge is 0.254 e. The first kappa shape index (κ1) is 18.8. The summed E-state index contributed by atoms with van der Waals surface area (Å²) in [7, 11) is 0. The van der Waals surface area contributed by atoms with Crippen molar-refractivity contribution in [2.75, 3.05) is 11.9 Å². The highest BCUT2D eigenvalue weighted by atomic mass is 16.3. The zero-order valence-electron chi connectivity index (χ0n) is 15.8. The Morgan fingerprint density at radius 1 is 1.15 bits per heavy atom. The molecular weight excluding hydrogens is 340 g/mol. The van der Waals surface area contributed by atoms with Crippen LogP contribution in [0, 0.1) is 13.8 Å². The average molecular weight is 364 g/mol. The fourth-order valence-electron chi connectivity index (χ4n) is 2.80. The Morgan fingerprint density at radius 2 is 1.89 bits per heavy atom. The second-order valence-corrected chi connectivity index (χ2v) is 6.87. The maximum atomic E-state index is 11.9. The molecule has 0 aliphatic heterocycles. The molecule has 1 unspecified atom stereocenters. The van der Waals surface area contributed by atoms with Crippen LogP contribution in [0.5, 0.6) is 0 Å². The van der Waals surface area contributed by atoms with E-state index < -0.39 is 5.60 Å². The minimum atomic E-state index is -0.906. The molecule has 6 nitrogen and oxygen atoms in total. The standard InChI is InChI=1S/C21H24N4O2/c1-14-15(2)24-19(25-20(14)26)16-9-10-18(23-13-16)22-12-11-21(3,27)17-7-5-4-6-8-17/h4-10,13,27H,11-12H2,1-3H3,(H,22,23)(H,24,25,26). The van der Waals surface area contributed by atoms with Crippen molar-refractivity contribution in [2.45, 2.75) is 32.8 Å². The summed E-state index contributed by atoms with van der Waals surface area (Å²) < 4.78 is 0. The number of aromatic amines is 1. The summed E-state index contributed by atoms with van der Waals surface area (Å²) in [5.74, 6) is 1.21. The van der Waals surface area contributed by atoms with Crippen molar-refractivity contribution in [1.29, 1.82) is 0 Å². The summed E-state index contributed by atoms with van der Waals surface area (Å²) in [6.45, 7) is 5.95. The van der Waals surface area contributed by atoms with Crippen molar-refractivity contribution in [1.82, 2.24) is 15.0 Å². The van der Waals surface area contributed by atoms with Gasteiger partial charge in [0, 0.05) is 29.6 Å². The van der Waals surface area contributed by atoms with Crippen LogP contribution < -0.4 is 10.9 Å². The molecule has 3 rings (SSSR count). The molecule has 1 atom stereocenters. The summed E-state index contributed by atoms with van der Waals surface area (Å²) >= 11 is 0. The summed E-state index contributed by atoms with van der Waals surface area (Å²) in [6.07, 6.45) is 2.22.